The van der Waals surface area contributed by atoms with E-state index in [9.17, 15) is 18.0 Å². The first-order valence-corrected chi connectivity index (χ1v) is 6.47. The van der Waals surface area contributed by atoms with E-state index in [1.165, 1.54) is 18.3 Å². The van der Waals surface area contributed by atoms with Gasteiger partial charge in [-0.1, -0.05) is 0 Å². The Morgan fingerprint density at radius 1 is 1.53 bits per heavy atom. The largest absolute Gasteiger partial charge is 0.447 e. The zero-order valence-corrected chi connectivity index (χ0v) is 10.6. The smallest absolute Gasteiger partial charge is 0.352 e. The molecule has 2 rings (SSSR count). The fraction of sp³-hybridized carbons (Fsp3) is 0.455. The van der Waals surface area contributed by atoms with Gasteiger partial charge in [-0.25, -0.2) is 4.98 Å². The maximum atomic E-state index is 12.3. The first kappa shape index (κ1) is 14.1. The van der Waals surface area contributed by atoms with Gasteiger partial charge in [-0.2, -0.15) is 13.2 Å². The van der Waals surface area contributed by atoms with E-state index in [-0.39, 0.29) is 22.4 Å². The lowest BCUT2D eigenvalue weighted by Gasteiger charge is -2.27. The van der Waals surface area contributed by atoms with Gasteiger partial charge in [0.2, 0.25) is 0 Å². The topological polar surface area (TPSA) is 54.0 Å². The first-order valence-electron chi connectivity index (χ1n) is 5.65. The van der Waals surface area contributed by atoms with Crippen LogP contribution in [0.4, 0.5) is 13.2 Å². The van der Waals surface area contributed by atoms with Crippen molar-refractivity contribution in [1.29, 1.82) is 0 Å². The van der Waals surface area contributed by atoms with Crippen molar-refractivity contribution in [3.8, 4) is 0 Å². The van der Waals surface area contributed by atoms with Crippen LogP contribution in [-0.2, 0) is 0 Å². The minimum Gasteiger partial charge on any atom is -0.352 e. The Morgan fingerprint density at radius 3 is 2.84 bits per heavy atom. The van der Waals surface area contributed by atoms with Crippen molar-refractivity contribution in [3.05, 3.63) is 23.9 Å². The number of aromatic nitrogens is 1. The van der Waals surface area contributed by atoms with E-state index in [0.29, 0.717) is 12.5 Å². The Kier molecular flexibility index (Phi) is 4.31. The molecule has 1 aromatic rings. The summed E-state index contributed by atoms with van der Waals surface area (Å²) < 4.78 is 37.0. The highest BCUT2D eigenvalue weighted by atomic mass is 32.2. The number of rotatable bonds is 4. The molecule has 1 aliphatic rings. The van der Waals surface area contributed by atoms with Crippen molar-refractivity contribution < 1.29 is 18.0 Å². The van der Waals surface area contributed by atoms with E-state index in [1.807, 2.05) is 0 Å². The molecule has 4 nitrogen and oxygen atoms in total. The fourth-order valence-corrected chi connectivity index (χ4v) is 2.18. The molecule has 1 fully saturated rings. The summed E-state index contributed by atoms with van der Waals surface area (Å²) in [6, 6.07) is 2.79. The van der Waals surface area contributed by atoms with Gasteiger partial charge in [0.15, 0.2) is 0 Å². The molecule has 0 atom stereocenters. The van der Waals surface area contributed by atoms with Gasteiger partial charge in [0.05, 0.1) is 5.56 Å². The maximum Gasteiger partial charge on any atom is 0.447 e. The molecule has 8 heteroatoms. The van der Waals surface area contributed by atoms with E-state index < -0.39 is 11.4 Å². The molecule has 2 heterocycles. The number of hydrogen-bond donors (Lipinski definition) is 2. The summed E-state index contributed by atoms with van der Waals surface area (Å²) in [4.78, 5) is 15.5. The van der Waals surface area contributed by atoms with E-state index >= 15 is 0 Å². The van der Waals surface area contributed by atoms with E-state index in [2.05, 4.69) is 15.6 Å². The van der Waals surface area contributed by atoms with Gasteiger partial charge in [-0.05, 0) is 12.1 Å². The summed E-state index contributed by atoms with van der Waals surface area (Å²) in [7, 11) is 0. The summed E-state index contributed by atoms with van der Waals surface area (Å²) >= 11 is -0.375. The summed E-state index contributed by atoms with van der Waals surface area (Å²) in [6.45, 7) is 2.09. The third-order valence-electron chi connectivity index (χ3n) is 2.65. The second-order valence-corrected chi connectivity index (χ2v) is 5.19. The standard InChI is InChI=1S/C11H12F3N3OS/c12-11(13,14)19-10-8(2-1-3-16-10)9(18)17-6-7-4-15-5-7/h1-3,7,15H,4-6H2,(H,17,18). The number of carbonyl (C=O) groups excluding carboxylic acids is 1. The summed E-state index contributed by atoms with van der Waals surface area (Å²) in [5.74, 6) is -0.175. The molecule has 1 aliphatic heterocycles. The van der Waals surface area contributed by atoms with Crippen LogP contribution in [0.15, 0.2) is 23.4 Å². The summed E-state index contributed by atoms with van der Waals surface area (Å²) in [5.41, 5.74) is -4.50. The van der Waals surface area contributed by atoms with Crippen molar-refractivity contribution in [1.82, 2.24) is 15.6 Å². The van der Waals surface area contributed by atoms with Crippen LogP contribution in [0, 0.1) is 5.92 Å². The van der Waals surface area contributed by atoms with E-state index in [1.54, 1.807) is 0 Å². The molecule has 1 aromatic heterocycles. The molecule has 2 N–H and O–H groups in total. The normalized spacial score (nSPS) is 15.9. The van der Waals surface area contributed by atoms with Gasteiger partial charge in [-0.15, -0.1) is 0 Å². The van der Waals surface area contributed by atoms with Crippen LogP contribution in [0.5, 0.6) is 0 Å². The van der Waals surface area contributed by atoms with E-state index in [0.717, 1.165) is 13.1 Å². The third kappa shape index (κ3) is 4.10. The molecular formula is C11H12F3N3OS. The highest BCUT2D eigenvalue weighted by Gasteiger charge is 2.32. The van der Waals surface area contributed by atoms with Gasteiger partial charge in [-0.3, -0.25) is 4.79 Å². The van der Waals surface area contributed by atoms with Crippen molar-refractivity contribution in [2.45, 2.75) is 10.5 Å². The van der Waals surface area contributed by atoms with Crippen LogP contribution in [-0.4, -0.2) is 36.0 Å². The predicted octanol–water partition coefficient (Wildman–Crippen LogP) is 1.64. The summed E-state index contributed by atoms with van der Waals surface area (Å²) in [6.07, 6.45) is 1.24. The lowest BCUT2D eigenvalue weighted by Crippen LogP contribution is -2.48. The second kappa shape index (κ2) is 5.79. The molecule has 0 aliphatic carbocycles. The van der Waals surface area contributed by atoms with Gasteiger partial charge in [0, 0.05) is 43.5 Å². The minimum absolute atomic E-state index is 0.0443. The van der Waals surface area contributed by atoms with Gasteiger partial charge in [0.1, 0.15) is 5.03 Å². The summed E-state index contributed by atoms with van der Waals surface area (Å²) in [5, 5.41) is 5.36. The number of halogens is 3. The highest BCUT2D eigenvalue weighted by molar-refractivity contribution is 8.00. The number of amides is 1. The molecule has 0 aromatic carbocycles. The SMILES string of the molecule is O=C(NCC1CNC1)c1cccnc1SC(F)(F)F. The molecule has 0 spiro atoms. The highest BCUT2D eigenvalue weighted by Crippen LogP contribution is 2.37. The zero-order valence-electron chi connectivity index (χ0n) is 9.83. The van der Waals surface area contributed by atoms with Crippen molar-refractivity contribution in [3.63, 3.8) is 0 Å². The molecule has 0 unspecified atom stereocenters. The second-order valence-electron chi connectivity index (χ2n) is 4.14. The van der Waals surface area contributed by atoms with Gasteiger partial charge >= 0.3 is 5.51 Å². The number of alkyl halides is 3. The number of thioether (sulfide) groups is 1. The Bertz CT molecular complexity index is 463. The Balaban J connectivity index is 2.03. The number of nitrogens with one attached hydrogen (secondary N) is 2. The monoisotopic (exact) mass is 291 g/mol. The molecule has 19 heavy (non-hydrogen) atoms. The molecule has 1 saturated heterocycles. The maximum absolute atomic E-state index is 12.3. The molecule has 0 radical (unpaired) electrons. The Hall–Kier alpha value is -1.28. The van der Waals surface area contributed by atoms with Gasteiger partial charge in [0.25, 0.3) is 5.91 Å². The first-order chi connectivity index (χ1) is 8.96. The van der Waals surface area contributed by atoms with Crippen molar-refractivity contribution >= 4 is 17.7 Å². The molecule has 0 bridgehead atoms. The number of nitrogens with zero attached hydrogens (tertiary/aromatic N) is 1. The molecule has 104 valence electrons. The van der Waals surface area contributed by atoms with Crippen LogP contribution >= 0.6 is 11.8 Å². The van der Waals surface area contributed by atoms with E-state index in [4.69, 9.17) is 0 Å². The van der Waals surface area contributed by atoms with Crippen LogP contribution in [0.1, 0.15) is 10.4 Å². The van der Waals surface area contributed by atoms with Crippen LogP contribution < -0.4 is 10.6 Å². The van der Waals surface area contributed by atoms with Crippen LogP contribution in [0.2, 0.25) is 0 Å². The molecule has 0 saturated carbocycles. The Morgan fingerprint density at radius 2 is 2.26 bits per heavy atom. The molecule has 1 amide bonds. The molecular weight excluding hydrogens is 279 g/mol. The average molecular weight is 291 g/mol. The fourth-order valence-electron chi connectivity index (χ4n) is 1.58. The zero-order chi connectivity index (χ0) is 13.9. The number of pyridine rings is 1. The van der Waals surface area contributed by atoms with Crippen LogP contribution in [0.3, 0.4) is 0 Å². The average Bonchev–Trinajstić information content (AvgIpc) is 2.25. The van der Waals surface area contributed by atoms with Gasteiger partial charge < -0.3 is 10.6 Å². The lowest BCUT2D eigenvalue weighted by molar-refractivity contribution is -0.0329. The third-order valence-corrected chi connectivity index (χ3v) is 3.40. The predicted molar refractivity (Wildman–Crippen MR) is 64.8 cm³/mol. The van der Waals surface area contributed by atoms with Crippen molar-refractivity contribution in [2.75, 3.05) is 19.6 Å². The number of hydrogen-bond acceptors (Lipinski definition) is 4. The van der Waals surface area contributed by atoms with Crippen LogP contribution in [0.25, 0.3) is 0 Å². The lowest BCUT2D eigenvalue weighted by atomic mass is 10.0. The quantitative estimate of drug-likeness (QED) is 0.828. The van der Waals surface area contributed by atoms with Crippen molar-refractivity contribution in [2.24, 2.45) is 5.92 Å². The number of carbonyl (C=O) groups is 1. The minimum atomic E-state index is -4.46. The Labute approximate surface area is 112 Å².